The van der Waals surface area contributed by atoms with Crippen LogP contribution in [0.15, 0.2) is 48.5 Å². The first-order valence-electron chi connectivity index (χ1n) is 10.2. The molecule has 0 aliphatic carbocycles. The molecule has 0 N–H and O–H groups in total. The van der Waals surface area contributed by atoms with Gasteiger partial charge in [-0.2, -0.15) is 0 Å². The molecule has 2 aromatic carbocycles. The number of piperazine rings is 1. The summed E-state index contributed by atoms with van der Waals surface area (Å²) in [4.78, 5) is 28.6. The van der Waals surface area contributed by atoms with Gasteiger partial charge >= 0.3 is 0 Å². The van der Waals surface area contributed by atoms with E-state index in [-0.39, 0.29) is 23.0 Å². The minimum absolute atomic E-state index is 0.115. The summed E-state index contributed by atoms with van der Waals surface area (Å²) < 4.78 is 13.0. The van der Waals surface area contributed by atoms with Crippen molar-refractivity contribution >= 4 is 11.8 Å². The largest absolute Gasteiger partial charge is 0.339 e. The molecule has 29 heavy (non-hydrogen) atoms. The van der Waals surface area contributed by atoms with Crippen LogP contribution in [0.4, 0.5) is 4.39 Å². The first kappa shape index (κ1) is 21.0. The summed E-state index contributed by atoms with van der Waals surface area (Å²) in [5, 5.41) is 0. The van der Waals surface area contributed by atoms with Crippen LogP contribution in [-0.4, -0.2) is 47.8 Å². The van der Waals surface area contributed by atoms with E-state index in [0.29, 0.717) is 38.2 Å². The van der Waals surface area contributed by atoms with E-state index < -0.39 is 0 Å². The predicted octanol–water partition coefficient (Wildman–Crippen LogP) is 4.04. The molecule has 0 bridgehead atoms. The monoisotopic (exact) mass is 396 g/mol. The second-order valence-electron chi connectivity index (χ2n) is 8.63. The lowest BCUT2D eigenvalue weighted by atomic mass is 9.86. The van der Waals surface area contributed by atoms with Crippen LogP contribution in [-0.2, 0) is 16.6 Å². The van der Waals surface area contributed by atoms with Crippen molar-refractivity contribution in [3.05, 3.63) is 71.0 Å². The van der Waals surface area contributed by atoms with Crippen LogP contribution >= 0.6 is 0 Å². The molecule has 1 saturated heterocycles. The quantitative estimate of drug-likeness (QED) is 0.783. The average Bonchev–Trinajstić information content (AvgIpc) is 2.72. The number of hydrogen-bond acceptors (Lipinski definition) is 2. The van der Waals surface area contributed by atoms with E-state index in [0.717, 1.165) is 12.0 Å². The topological polar surface area (TPSA) is 40.6 Å². The van der Waals surface area contributed by atoms with E-state index in [1.165, 1.54) is 29.8 Å². The predicted molar refractivity (Wildman–Crippen MR) is 112 cm³/mol. The third-order valence-electron chi connectivity index (χ3n) is 5.46. The van der Waals surface area contributed by atoms with E-state index >= 15 is 0 Å². The van der Waals surface area contributed by atoms with Crippen molar-refractivity contribution < 1.29 is 14.0 Å². The number of nitrogens with zero attached hydrogens (tertiary/aromatic N) is 2. The van der Waals surface area contributed by atoms with E-state index in [1.54, 1.807) is 4.90 Å². The second-order valence-corrected chi connectivity index (χ2v) is 8.63. The molecule has 0 saturated carbocycles. The van der Waals surface area contributed by atoms with Gasteiger partial charge in [-0.3, -0.25) is 9.59 Å². The Kier molecular flexibility index (Phi) is 6.36. The maximum atomic E-state index is 13.0. The van der Waals surface area contributed by atoms with Gasteiger partial charge in [-0.25, -0.2) is 4.39 Å². The number of halogens is 1. The fourth-order valence-corrected chi connectivity index (χ4v) is 3.51. The zero-order valence-electron chi connectivity index (χ0n) is 17.5. The van der Waals surface area contributed by atoms with Gasteiger partial charge in [0.2, 0.25) is 5.91 Å². The molecule has 0 spiro atoms. The van der Waals surface area contributed by atoms with Gasteiger partial charge in [0.05, 0.1) is 0 Å². The summed E-state index contributed by atoms with van der Waals surface area (Å²) in [5.74, 6) is -0.347. The van der Waals surface area contributed by atoms with E-state index in [4.69, 9.17) is 0 Å². The molecule has 0 aromatic heterocycles. The lowest BCUT2D eigenvalue weighted by Gasteiger charge is -2.35. The first-order chi connectivity index (χ1) is 13.7. The Bertz CT molecular complexity index is 846. The Labute approximate surface area is 172 Å². The Hall–Kier alpha value is -2.69. The lowest BCUT2D eigenvalue weighted by molar-refractivity contribution is -0.132. The average molecular weight is 397 g/mol. The van der Waals surface area contributed by atoms with E-state index in [1.807, 2.05) is 4.90 Å². The van der Waals surface area contributed by atoms with Gasteiger partial charge in [-0.05, 0) is 47.2 Å². The maximum Gasteiger partial charge on any atom is 0.253 e. The van der Waals surface area contributed by atoms with Crippen molar-refractivity contribution in [1.29, 1.82) is 0 Å². The van der Waals surface area contributed by atoms with Gasteiger partial charge in [0.1, 0.15) is 5.82 Å². The first-order valence-corrected chi connectivity index (χ1v) is 10.2. The summed E-state index contributed by atoms with van der Waals surface area (Å²) >= 11 is 0. The Morgan fingerprint density at radius 2 is 1.41 bits per heavy atom. The molecule has 1 heterocycles. The standard InChI is InChI=1S/C24H29FN2O2/c1-24(2,3)20-9-4-18(5-10-20)6-13-22(28)26-14-16-27(17-15-26)23(29)19-7-11-21(25)12-8-19/h4-5,7-12H,6,13-17H2,1-3H3. The minimum atomic E-state index is -0.356. The zero-order chi connectivity index (χ0) is 21.0. The van der Waals surface area contributed by atoms with Crippen LogP contribution in [0.3, 0.4) is 0 Å². The van der Waals surface area contributed by atoms with Crippen LogP contribution in [0, 0.1) is 5.82 Å². The van der Waals surface area contributed by atoms with Crippen molar-refractivity contribution in [2.75, 3.05) is 26.2 Å². The summed E-state index contributed by atoms with van der Waals surface area (Å²) in [6.45, 7) is 8.64. The van der Waals surface area contributed by atoms with Gasteiger partial charge in [-0.1, -0.05) is 45.0 Å². The third-order valence-corrected chi connectivity index (χ3v) is 5.46. The zero-order valence-corrected chi connectivity index (χ0v) is 17.5. The number of amides is 2. The Balaban J connectivity index is 1.47. The Morgan fingerprint density at radius 3 is 1.97 bits per heavy atom. The van der Waals surface area contributed by atoms with Crippen LogP contribution in [0.2, 0.25) is 0 Å². The summed E-state index contributed by atoms with van der Waals surface area (Å²) in [5.41, 5.74) is 3.05. The molecule has 0 radical (unpaired) electrons. The molecule has 2 amide bonds. The summed E-state index contributed by atoms with van der Waals surface area (Å²) in [6.07, 6.45) is 1.19. The van der Waals surface area contributed by atoms with Gasteiger partial charge in [0.15, 0.2) is 0 Å². The number of aryl methyl sites for hydroxylation is 1. The molecular weight excluding hydrogens is 367 g/mol. The van der Waals surface area contributed by atoms with Crippen molar-refractivity contribution in [3.63, 3.8) is 0 Å². The van der Waals surface area contributed by atoms with Gasteiger partial charge in [0, 0.05) is 38.2 Å². The highest BCUT2D eigenvalue weighted by molar-refractivity contribution is 5.94. The molecule has 1 aliphatic heterocycles. The number of carbonyl (C=O) groups is 2. The number of carbonyl (C=O) groups excluding carboxylic acids is 2. The number of rotatable bonds is 4. The number of hydrogen-bond donors (Lipinski definition) is 0. The highest BCUT2D eigenvalue weighted by Gasteiger charge is 2.24. The highest BCUT2D eigenvalue weighted by atomic mass is 19.1. The lowest BCUT2D eigenvalue weighted by Crippen LogP contribution is -2.50. The maximum absolute atomic E-state index is 13.0. The van der Waals surface area contributed by atoms with Crippen molar-refractivity contribution in [1.82, 2.24) is 9.80 Å². The van der Waals surface area contributed by atoms with E-state index in [9.17, 15) is 14.0 Å². The van der Waals surface area contributed by atoms with Crippen LogP contribution < -0.4 is 0 Å². The molecule has 3 rings (SSSR count). The molecule has 5 heteroatoms. The molecule has 0 unspecified atom stereocenters. The Morgan fingerprint density at radius 1 is 0.862 bits per heavy atom. The molecule has 0 atom stereocenters. The summed E-state index contributed by atoms with van der Waals surface area (Å²) in [7, 11) is 0. The molecule has 2 aromatic rings. The second kappa shape index (κ2) is 8.76. The van der Waals surface area contributed by atoms with Crippen molar-refractivity contribution in [2.45, 2.75) is 39.0 Å². The molecule has 4 nitrogen and oxygen atoms in total. The van der Waals surface area contributed by atoms with Crippen molar-refractivity contribution in [3.8, 4) is 0 Å². The van der Waals surface area contributed by atoms with Gasteiger partial charge in [0.25, 0.3) is 5.91 Å². The molecular formula is C24H29FN2O2. The van der Waals surface area contributed by atoms with Crippen LogP contribution in [0.1, 0.15) is 48.7 Å². The fraction of sp³-hybridized carbons (Fsp3) is 0.417. The third kappa shape index (κ3) is 5.43. The van der Waals surface area contributed by atoms with E-state index in [2.05, 4.69) is 45.0 Å². The SMILES string of the molecule is CC(C)(C)c1ccc(CCC(=O)N2CCN(C(=O)c3ccc(F)cc3)CC2)cc1. The van der Waals surface area contributed by atoms with Gasteiger partial charge in [-0.15, -0.1) is 0 Å². The highest BCUT2D eigenvalue weighted by Crippen LogP contribution is 2.22. The normalized spacial score (nSPS) is 14.8. The van der Waals surface area contributed by atoms with Gasteiger partial charge < -0.3 is 9.80 Å². The van der Waals surface area contributed by atoms with Crippen LogP contribution in [0.25, 0.3) is 0 Å². The minimum Gasteiger partial charge on any atom is -0.339 e. The van der Waals surface area contributed by atoms with Crippen LogP contribution in [0.5, 0.6) is 0 Å². The number of benzene rings is 2. The smallest absolute Gasteiger partial charge is 0.253 e. The summed E-state index contributed by atoms with van der Waals surface area (Å²) in [6, 6.07) is 14.1. The van der Waals surface area contributed by atoms with Crippen molar-refractivity contribution in [2.24, 2.45) is 0 Å². The molecule has 1 fully saturated rings. The molecule has 154 valence electrons. The fourth-order valence-electron chi connectivity index (χ4n) is 3.51. The molecule has 1 aliphatic rings.